The summed E-state index contributed by atoms with van der Waals surface area (Å²) in [7, 11) is 0. The molecule has 14 heavy (non-hydrogen) atoms. The molecule has 0 aliphatic carbocycles. The molecule has 0 aromatic carbocycles. The summed E-state index contributed by atoms with van der Waals surface area (Å²) < 4.78 is 7.55. The molecule has 4 heteroatoms. The predicted octanol–water partition coefficient (Wildman–Crippen LogP) is 1.08. The van der Waals surface area contributed by atoms with Gasteiger partial charge in [-0.05, 0) is 31.9 Å². The number of hydrogen-bond acceptors (Lipinski definition) is 3. The van der Waals surface area contributed by atoms with Crippen LogP contribution in [0.5, 0.6) is 0 Å². The van der Waals surface area contributed by atoms with E-state index in [1.54, 1.807) is 0 Å². The van der Waals surface area contributed by atoms with E-state index in [1.165, 1.54) is 12.8 Å². The van der Waals surface area contributed by atoms with Crippen LogP contribution in [-0.4, -0.2) is 22.9 Å². The molecular weight excluding hydrogens is 178 g/mol. The minimum atomic E-state index is 0.148. The third kappa shape index (κ3) is 2.13. The van der Waals surface area contributed by atoms with E-state index in [-0.39, 0.29) is 6.23 Å². The molecule has 2 heterocycles. The van der Waals surface area contributed by atoms with E-state index in [0.29, 0.717) is 6.54 Å². The molecule has 4 nitrogen and oxygen atoms in total. The maximum absolute atomic E-state index is 5.62. The number of nitrogens with two attached hydrogens (primary N) is 1. The molecule has 2 rings (SSSR count). The van der Waals surface area contributed by atoms with Gasteiger partial charge in [0.05, 0.1) is 5.69 Å². The summed E-state index contributed by atoms with van der Waals surface area (Å²) in [4.78, 5) is 0. The minimum Gasteiger partial charge on any atom is -0.357 e. The van der Waals surface area contributed by atoms with Gasteiger partial charge in [0.25, 0.3) is 0 Å². The quantitative estimate of drug-likeness (QED) is 0.785. The van der Waals surface area contributed by atoms with Gasteiger partial charge in [0.2, 0.25) is 0 Å². The Morgan fingerprint density at radius 3 is 3.21 bits per heavy atom. The highest BCUT2D eigenvalue weighted by molar-refractivity contribution is 4.99. The zero-order valence-electron chi connectivity index (χ0n) is 8.35. The third-order valence-corrected chi connectivity index (χ3v) is 2.51. The molecule has 1 fully saturated rings. The molecule has 0 amide bonds. The van der Waals surface area contributed by atoms with Crippen LogP contribution in [0.25, 0.3) is 0 Å². The van der Waals surface area contributed by atoms with Gasteiger partial charge in [-0.2, -0.15) is 5.10 Å². The van der Waals surface area contributed by atoms with Crippen LogP contribution in [0, 0.1) is 0 Å². The van der Waals surface area contributed by atoms with E-state index < -0.39 is 0 Å². The number of nitrogens with zero attached hydrogens (tertiary/aromatic N) is 2. The number of hydrogen-bond donors (Lipinski definition) is 1. The van der Waals surface area contributed by atoms with Crippen LogP contribution in [0.4, 0.5) is 0 Å². The van der Waals surface area contributed by atoms with Crippen molar-refractivity contribution >= 4 is 0 Å². The fourth-order valence-electron chi connectivity index (χ4n) is 1.75. The van der Waals surface area contributed by atoms with E-state index in [1.807, 2.05) is 16.9 Å². The van der Waals surface area contributed by atoms with E-state index in [4.69, 9.17) is 10.5 Å². The first kappa shape index (κ1) is 9.68. The molecule has 0 spiro atoms. The fourth-order valence-corrected chi connectivity index (χ4v) is 1.75. The molecule has 1 aromatic heterocycles. The molecule has 0 radical (unpaired) electrons. The Bertz CT molecular complexity index is 279. The Morgan fingerprint density at radius 1 is 1.57 bits per heavy atom. The van der Waals surface area contributed by atoms with Crippen LogP contribution in [0.1, 0.15) is 31.2 Å². The maximum Gasteiger partial charge on any atom is 0.150 e. The summed E-state index contributed by atoms with van der Waals surface area (Å²) >= 11 is 0. The van der Waals surface area contributed by atoms with Gasteiger partial charge in [-0.25, -0.2) is 4.68 Å². The van der Waals surface area contributed by atoms with Gasteiger partial charge in [0, 0.05) is 19.2 Å². The van der Waals surface area contributed by atoms with E-state index >= 15 is 0 Å². The number of rotatable bonds is 3. The van der Waals surface area contributed by atoms with Gasteiger partial charge < -0.3 is 10.5 Å². The lowest BCUT2D eigenvalue weighted by molar-refractivity contribution is -0.0396. The monoisotopic (exact) mass is 195 g/mol. The Kier molecular flexibility index (Phi) is 3.16. The molecule has 1 aliphatic heterocycles. The predicted molar refractivity (Wildman–Crippen MR) is 53.8 cm³/mol. The van der Waals surface area contributed by atoms with Crippen LogP contribution in [0.3, 0.4) is 0 Å². The number of ether oxygens (including phenoxy) is 1. The van der Waals surface area contributed by atoms with E-state index in [2.05, 4.69) is 5.10 Å². The molecule has 1 atom stereocenters. The second kappa shape index (κ2) is 4.57. The zero-order chi connectivity index (χ0) is 9.80. The van der Waals surface area contributed by atoms with Crippen LogP contribution in [0.2, 0.25) is 0 Å². The van der Waals surface area contributed by atoms with Crippen LogP contribution in [-0.2, 0) is 11.2 Å². The summed E-state index contributed by atoms with van der Waals surface area (Å²) in [6.07, 6.45) is 6.46. The highest BCUT2D eigenvalue weighted by Crippen LogP contribution is 2.21. The van der Waals surface area contributed by atoms with Gasteiger partial charge in [0.1, 0.15) is 6.23 Å². The second-order valence-electron chi connectivity index (χ2n) is 3.65. The van der Waals surface area contributed by atoms with Crippen molar-refractivity contribution in [3.05, 3.63) is 18.0 Å². The van der Waals surface area contributed by atoms with Crippen molar-refractivity contribution in [2.75, 3.05) is 13.2 Å². The first-order chi connectivity index (χ1) is 6.90. The van der Waals surface area contributed by atoms with Crippen molar-refractivity contribution in [1.29, 1.82) is 0 Å². The normalized spacial score (nSPS) is 22.5. The summed E-state index contributed by atoms with van der Waals surface area (Å²) in [5.74, 6) is 0. The van der Waals surface area contributed by atoms with Crippen molar-refractivity contribution in [2.24, 2.45) is 5.73 Å². The lowest BCUT2D eigenvalue weighted by Gasteiger charge is -2.22. The Hall–Kier alpha value is -0.870. The minimum absolute atomic E-state index is 0.148. The third-order valence-electron chi connectivity index (χ3n) is 2.51. The molecule has 78 valence electrons. The average molecular weight is 195 g/mol. The summed E-state index contributed by atoms with van der Waals surface area (Å²) in [6, 6.07) is 2.02. The van der Waals surface area contributed by atoms with E-state index in [9.17, 15) is 0 Å². The van der Waals surface area contributed by atoms with Crippen molar-refractivity contribution in [1.82, 2.24) is 9.78 Å². The second-order valence-corrected chi connectivity index (χ2v) is 3.65. The molecule has 1 aromatic rings. The van der Waals surface area contributed by atoms with Crippen molar-refractivity contribution in [3.63, 3.8) is 0 Å². The molecular formula is C10H17N3O. The summed E-state index contributed by atoms with van der Waals surface area (Å²) in [5, 5.41) is 4.44. The fraction of sp³-hybridized carbons (Fsp3) is 0.700. The smallest absolute Gasteiger partial charge is 0.150 e. The van der Waals surface area contributed by atoms with Crippen molar-refractivity contribution in [3.8, 4) is 0 Å². The Morgan fingerprint density at radius 2 is 2.50 bits per heavy atom. The highest BCUT2D eigenvalue weighted by atomic mass is 16.5. The molecule has 0 bridgehead atoms. The molecule has 2 N–H and O–H groups in total. The van der Waals surface area contributed by atoms with Crippen LogP contribution < -0.4 is 5.73 Å². The van der Waals surface area contributed by atoms with Gasteiger partial charge in [-0.3, -0.25) is 0 Å². The van der Waals surface area contributed by atoms with Crippen LogP contribution in [0.15, 0.2) is 12.3 Å². The van der Waals surface area contributed by atoms with Crippen molar-refractivity contribution < 1.29 is 4.74 Å². The average Bonchev–Trinajstić information content (AvgIpc) is 2.68. The standard InChI is InChI=1S/C10H17N3O/c11-6-4-9-5-7-13(12-9)10-3-1-2-8-14-10/h5,7,10H,1-4,6,8,11H2/t10-/m0/s1. The van der Waals surface area contributed by atoms with Gasteiger partial charge in [-0.15, -0.1) is 0 Å². The number of aromatic nitrogens is 2. The zero-order valence-corrected chi connectivity index (χ0v) is 8.35. The van der Waals surface area contributed by atoms with Crippen molar-refractivity contribution in [2.45, 2.75) is 31.9 Å². The SMILES string of the molecule is NCCc1ccn([C@@H]2CCCCO2)n1. The molecule has 0 saturated carbocycles. The first-order valence-electron chi connectivity index (χ1n) is 5.26. The molecule has 0 unspecified atom stereocenters. The highest BCUT2D eigenvalue weighted by Gasteiger charge is 2.15. The lowest BCUT2D eigenvalue weighted by atomic mass is 10.2. The van der Waals surface area contributed by atoms with Gasteiger partial charge >= 0.3 is 0 Å². The first-order valence-corrected chi connectivity index (χ1v) is 5.26. The largest absolute Gasteiger partial charge is 0.357 e. The molecule has 1 aliphatic rings. The van der Waals surface area contributed by atoms with Gasteiger partial charge in [0.15, 0.2) is 0 Å². The Labute approximate surface area is 84.0 Å². The maximum atomic E-state index is 5.62. The van der Waals surface area contributed by atoms with Crippen LogP contribution >= 0.6 is 0 Å². The van der Waals surface area contributed by atoms with E-state index in [0.717, 1.165) is 25.1 Å². The molecule has 1 saturated heterocycles. The summed E-state index contributed by atoms with van der Waals surface area (Å²) in [5.41, 5.74) is 6.52. The Balaban J connectivity index is 2.00. The topological polar surface area (TPSA) is 53.1 Å². The lowest BCUT2D eigenvalue weighted by Crippen LogP contribution is -2.18. The summed E-state index contributed by atoms with van der Waals surface area (Å²) in [6.45, 7) is 1.51. The van der Waals surface area contributed by atoms with Gasteiger partial charge in [-0.1, -0.05) is 0 Å².